The van der Waals surface area contributed by atoms with E-state index < -0.39 is 0 Å². The van der Waals surface area contributed by atoms with E-state index in [2.05, 4.69) is 9.98 Å². The van der Waals surface area contributed by atoms with Gasteiger partial charge in [0.25, 0.3) is 11.8 Å². The highest BCUT2D eigenvalue weighted by Gasteiger charge is 2.40. The SMILES string of the molecule is COc1ccc2c(c1)C(=O)N1CCC(OCCCCCCCCCCCOC3CCN4C(=O)c5cc(OC)ccc5N=C[C@@H]34)[C@@H]1C=N2. The number of amides is 2. The molecule has 0 N–H and O–H groups in total. The van der Waals surface area contributed by atoms with Crippen molar-refractivity contribution in [2.45, 2.75) is 94.9 Å². The van der Waals surface area contributed by atoms with Crippen molar-refractivity contribution in [2.75, 3.05) is 40.5 Å². The number of methoxy groups -OCH3 is 2. The number of hydrogen-bond acceptors (Lipinski definition) is 8. The van der Waals surface area contributed by atoms with Gasteiger partial charge >= 0.3 is 0 Å². The van der Waals surface area contributed by atoms with E-state index in [9.17, 15) is 9.59 Å². The second kappa shape index (κ2) is 15.9. The Hall–Kier alpha value is -3.76. The zero-order valence-electron chi connectivity index (χ0n) is 27.8. The molecule has 4 atom stereocenters. The van der Waals surface area contributed by atoms with Crippen molar-refractivity contribution in [3.8, 4) is 11.5 Å². The van der Waals surface area contributed by atoms with Crippen LogP contribution in [0, 0.1) is 0 Å². The molecule has 47 heavy (non-hydrogen) atoms. The van der Waals surface area contributed by atoms with Crippen LogP contribution in [0.25, 0.3) is 0 Å². The summed E-state index contributed by atoms with van der Waals surface area (Å²) in [6.07, 6.45) is 16.1. The summed E-state index contributed by atoms with van der Waals surface area (Å²) >= 11 is 0. The van der Waals surface area contributed by atoms with E-state index in [0.29, 0.717) is 47.1 Å². The van der Waals surface area contributed by atoms with Crippen molar-refractivity contribution in [1.82, 2.24) is 9.80 Å². The summed E-state index contributed by atoms with van der Waals surface area (Å²) in [5.74, 6) is 1.33. The number of hydrogen-bond donors (Lipinski definition) is 0. The standard InChI is InChI=1S/C37H48N4O6/c1-44-26-12-14-30-28(22-26)36(42)40-18-16-34(32(40)24-38-30)46-20-10-8-6-4-3-5-7-9-11-21-47-35-17-19-41-33(35)25-39-31-15-13-27(45-2)23-29(31)37(41)43/h12-15,22-25,32-35H,3-11,16-21H2,1-2H3/t32-,33-,34?,35?/m0/s1. The number of benzene rings is 2. The van der Waals surface area contributed by atoms with E-state index in [-0.39, 0.29) is 36.1 Å². The van der Waals surface area contributed by atoms with E-state index in [0.717, 1.165) is 51.7 Å². The average Bonchev–Trinajstić information content (AvgIpc) is 3.63. The molecule has 10 nitrogen and oxygen atoms in total. The highest BCUT2D eigenvalue weighted by atomic mass is 16.5. The van der Waals surface area contributed by atoms with Crippen LogP contribution in [0.1, 0.15) is 91.3 Å². The molecular formula is C37H48N4O6. The van der Waals surface area contributed by atoms with Gasteiger partial charge < -0.3 is 28.7 Å². The van der Waals surface area contributed by atoms with Crippen LogP contribution in [0.5, 0.6) is 11.5 Å². The second-order valence-corrected chi connectivity index (χ2v) is 12.9. The van der Waals surface area contributed by atoms with Gasteiger partial charge in [-0.15, -0.1) is 0 Å². The van der Waals surface area contributed by atoms with Crippen molar-refractivity contribution >= 4 is 35.6 Å². The number of rotatable bonds is 16. The quantitative estimate of drug-likeness (QED) is 0.192. The molecule has 4 heterocycles. The molecule has 0 bridgehead atoms. The van der Waals surface area contributed by atoms with E-state index in [1.54, 1.807) is 26.4 Å². The van der Waals surface area contributed by atoms with Gasteiger partial charge in [0.05, 0.1) is 61.0 Å². The Morgan fingerprint density at radius 2 is 1.02 bits per heavy atom. The summed E-state index contributed by atoms with van der Waals surface area (Å²) in [5.41, 5.74) is 2.57. The number of fused-ring (bicyclic) bond motifs is 4. The molecule has 2 saturated heterocycles. The van der Waals surface area contributed by atoms with Gasteiger partial charge in [-0.1, -0.05) is 44.9 Å². The lowest BCUT2D eigenvalue weighted by Gasteiger charge is -2.23. The zero-order valence-corrected chi connectivity index (χ0v) is 27.8. The lowest BCUT2D eigenvalue weighted by Crippen LogP contribution is -2.40. The van der Waals surface area contributed by atoms with Crippen LogP contribution in [-0.4, -0.2) is 98.9 Å². The summed E-state index contributed by atoms with van der Waals surface area (Å²) in [5, 5.41) is 0. The van der Waals surface area contributed by atoms with Gasteiger partial charge in [0.15, 0.2) is 0 Å². The normalized spacial score (nSPS) is 22.9. The molecule has 2 aromatic carbocycles. The minimum absolute atomic E-state index is 0.0000377. The Labute approximate surface area is 278 Å². The van der Waals surface area contributed by atoms with Gasteiger partial charge in [-0.25, -0.2) is 0 Å². The summed E-state index contributed by atoms with van der Waals surface area (Å²) < 4.78 is 23.1. The van der Waals surface area contributed by atoms with Crippen molar-refractivity contribution in [2.24, 2.45) is 9.98 Å². The average molecular weight is 645 g/mol. The van der Waals surface area contributed by atoms with Gasteiger partial charge in [0, 0.05) is 38.7 Å². The largest absolute Gasteiger partial charge is 0.497 e. The fourth-order valence-electron chi connectivity index (χ4n) is 7.15. The first-order valence-electron chi connectivity index (χ1n) is 17.4. The van der Waals surface area contributed by atoms with Gasteiger partial charge in [0.1, 0.15) is 11.5 Å². The Bertz CT molecular complexity index is 1350. The summed E-state index contributed by atoms with van der Waals surface area (Å²) in [6.45, 7) is 2.81. The molecule has 0 aliphatic carbocycles. The maximum atomic E-state index is 13.2. The lowest BCUT2D eigenvalue weighted by molar-refractivity contribution is 0.0402. The van der Waals surface area contributed by atoms with Crippen LogP contribution >= 0.6 is 0 Å². The van der Waals surface area contributed by atoms with Crippen molar-refractivity contribution in [3.63, 3.8) is 0 Å². The first-order valence-corrected chi connectivity index (χ1v) is 17.4. The first-order chi connectivity index (χ1) is 23.1. The number of aliphatic imine (C=N–C) groups is 2. The monoisotopic (exact) mass is 644 g/mol. The van der Waals surface area contributed by atoms with Crippen molar-refractivity contribution < 1.29 is 28.5 Å². The first kappa shape index (κ1) is 33.2. The lowest BCUT2D eigenvalue weighted by atomic mass is 10.1. The number of carbonyl (C=O) groups is 2. The molecule has 0 aromatic heterocycles. The molecule has 6 rings (SSSR count). The van der Waals surface area contributed by atoms with Crippen LogP contribution in [0.3, 0.4) is 0 Å². The van der Waals surface area contributed by atoms with E-state index in [1.807, 2.05) is 46.5 Å². The van der Waals surface area contributed by atoms with Gasteiger partial charge in [-0.3, -0.25) is 19.6 Å². The van der Waals surface area contributed by atoms with Crippen LogP contribution in [-0.2, 0) is 9.47 Å². The summed E-state index contributed by atoms with van der Waals surface area (Å²) in [4.78, 5) is 39.4. The van der Waals surface area contributed by atoms with Crippen molar-refractivity contribution in [1.29, 1.82) is 0 Å². The number of carbonyl (C=O) groups excluding carboxylic acids is 2. The van der Waals surface area contributed by atoms with Crippen LogP contribution in [0.2, 0.25) is 0 Å². The Kier molecular flexibility index (Phi) is 11.2. The molecule has 252 valence electrons. The number of unbranched alkanes of at least 4 members (excludes halogenated alkanes) is 8. The topological polar surface area (TPSA) is 102 Å². The van der Waals surface area contributed by atoms with Crippen LogP contribution in [0.15, 0.2) is 46.4 Å². The van der Waals surface area contributed by atoms with E-state index in [4.69, 9.17) is 18.9 Å². The molecule has 2 unspecified atom stereocenters. The Morgan fingerprint density at radius 1 is 0.617 bits per heavy atom. The molecule has 2 aromatic rings. The number of ether oxygens (including phenoxy) is 4. The van der Waals surface area contributed by atoms with Gasteiger partial charge in [-0.05, 0) is 62.1 Å². The fourth-order valence-corrected chi connectivity index (χ4v) is 7.15. The number of nitrogens with zero attached hydrogens (tertiary/aromatic N) is 4. The Morgan fingerprint density at radius 3 is 1.43 bits per heavy atom. The maximum absolute atomic E-state index is 13.2. The zero-order chi connectivity index (χ0) is 32.6. The minimum Gasteiger partial charge on any atom is -0.497 e. The summed E-state index contributed by atoms with van der Waals surface area (Å²) in [7, 11) is 3.21. The third-order valence-electron chi connectivity index (χ3n) is 9.87. The third-order valence-corrected chi connectivity index (χ3v) is 9.87. The minimum atomic E-state index is -0.114. The fraction of sp³-hybridized carbons (Fsp3) is 0.568. The predicted octanol–water partition coefficient (Wildman–Crippen LogP) is 6.55. The van der Waals surface area contributed by atoms with Crippen LogP contribution in [0.4, 0.5) is 11.4 Å². The molecule has 0 saturated carbocycles. The third kappa shape index (κ3) is 7.70. The molecule has 10 heteroatoms. The van der Waals surface area contributed by atoms with Gasteiger partial charge in [-0.2, -0.15) is 0 Å². The highest BCUT2D eigenvalue weighted by Crippen LogP contribution is 2.34. The molecule has 2 amide bonds. The maximum Gasteiger partial charge on any atom is 0.256 e. The second-order valence-electron chi connectivity index (χ2n) is 12.9. The van der Waals surface area contributed by atoms with Gasteiger partial charge in [0.2, 0.25) is 0 Å². The molecular weight excluding hydrogens is 596 g/mol. The predicted molar refractivity (Wildman–Crippen MR) is 182 cm³/mol. The highest BCUT2D eigenvalue weighted by molar-refractivity contribution is 6.04. The smallest absolute Gasteiger partial charge is 0.256 e. The van der Waals surface area contributed by atoms with Crippen molar-refractivity contribution in [3.05, 3.63) is 47.5 Å². The van der Waals surface area contributed by atoms with E-state index >= 15 is 0 Å². The Balaban J connectivity index is 0.794. The van der Waals surface area contributed by atoms with Crippen LogP contribution < -0.4 is 9.47 Å². The molecule has 4 aliphatic heterocycles. The molecule has 0 radical (unpaired) electrons. The molecule has 4 aliphatic rings. The molecule has 0 spiro atoms. The molecule has 2 fully saturated rings. The summed E-state index contributed by atoms with van der Waals surface area (Å²) in [6, 6.07) is 10.7. The van der Waals surface area contributed by atoms with E-state index in [1.165, 1.54) is 32.1 Å².